The fourth-order valence-corrected chi connectivity index (χ4v) is 2.50. The van der Waals surface area contributed by atoms with Gasteiger partial charge in [-0.05, 0) is 24.5 Å². The van der Waals surface area contributed by atoms with Crippen LogP contribution in [0.15, 0.2) is 23.1 Å². The first-order valence-electron chi connectivity index (χ1n) is 6.10. The molecule has 1 aromatic rings. The molecule has 0 aliphatic heterocycles. The average molecular weight is 284 g/mol. The van der Waals surface area contributed by atoms with Crippen molar-refractivity contribution >= 4 is 21.2 Å². The summed E-state index contributed by atoms with van der Waals surface area (Å²) >= 11 is 0. The zero-order valence-corrected chi connectivity index (χ0v) is 11.4. The van der Waals surface area contributed by atoms with Crippen LogP contribution in [0.25, 0.3) is 0 Å². The maximum atomic E-state index is 11.4. The van der Waals surface area contributed by atoms with E-state index < -0.39 is 14.8 Å². The first-order valence-corrected chi connectivity index (χ1v) is 7.99. The summed E-state index contributed by atoms with van der Waals surface area (Å²) in [6.07, 6.45) is 4.49. The minimum atomic E-state index is -3.43. The maximum Gasteiger partial charge on any atom is 0.293 e. The van der Waals surface area contributed by atoms with Crippen LogP contribution in [-0.2, 0) is 9.84 Å². The van der Waals surface area contributed by atoms with Crippen LogP contribution < -0.4 is 5.32 Å². The molecule has 1 aliphatic rings. The van der Waals surface area contributed by atoms with E-state index in [1.54, 1.807) is 0 Å². The number of hydrogen-bond acceptors (Lipinski definition) is 5. The number of benzene rings is 1. The van der Waals surface area contributed by atoms with Gasteiger partial charge in [0.25, 0.3) is 5.69 Å². The lowest BCUT2D eigenvalue weighted by Gasteiger charge is -2.07. The fraction of sp³-hybridized carbons (Fsp3) is 0.500. The molecule has 1 aliphatic carbocycles. The van der Waals surface area contributed by atoms with Crippen molar-refractivity contribution in [2.75, 3.05) is 18.1 Å². The molecule has 0 bridgehead atoms. The number of nitro groups is 1. The predicted octanol–water partition coefficient (Wildman–Crippen LogP) is 2.21. The van der Waals surface area contributed by atoms with E-state index in [4.69, 9.17) is 0 Å². The highest BCUT2D eigenvalue weighted by Crippen LogP contribution is 2.33. The molecule has 1 aromatic carbocycles. The molecule has 0 spiro atoms. The average Bonchev–Trinajstić information content (AvgIpc) is 3.11. The van der Waals surface area contributed by atoms with Gasteiger partial charge in [-0.1, -0.05) is 12.8 Å². The van der Waals surface area contributed by atoms with Crippen LogP contribution in [0, 0.1) is 16.0 Å². The second-order valence-electron chi connectivity index (χ2n) is 4.87. The first kappa shape index (κ1) is 13.8. The monoisotopic (exact) mass is 284 g/mol. The zero-order chi connectivity index (χ0) is 14.0. The van der Waals surface area contributed by atoms with Gasteiger partial charge in [0, 0.05) is 18.9 Å². The summed E-state index contributed by atoms with van der Waals surface area (Å²) in [6, 6.07) is 3.96. The van der Waals surface area contributed by atoms with Crippen molar-refractivity contribution in [3.05, 3.63) is 28.3 Å². The summed E-state index contributed by atoms with van der Waals surface area (Å²) in [6.45, 7) is 0.670. The van der Waals surface area contributed by atoms with Gasteiger partial charge in [-0.3, -0.25) is 10.1 Å². The molecule has 0 atom stereocenters. The normalized spacial score (nSPS) is 15.2. The zero-order valence-electron chi connectivity index (χ0n) is 10.6. The number of rotatable bonds is 6. The second kappa shape index (κ2) is 5.16. The number of hydrogen-bond donors (Lipinski definition) is 1. The number of anilines is 1. The Labute approximate surface area is 111 Å². The number of nitrogens with zero attached hydrogens (tertiary/aromatic N) is 1. The van der Waals surface area contributed by atoms with Crippen LogP contribution in [0.4, 0.5) is 11.4 Å². The Balaban J connectivity index is 2.19. The lowest BCUT2D eigenvalue weighted by molar-refractivity contribution is -0.384. The van der Waals surface area contributed by atoms with Gasteiger partial charge in [0.2, 0.25) is 0 Å². The van der Waals surface area contributed by atoms with Crippen LogP contribution in [0.1, 0.15) is 19.3 Å². The largest absolute Gasteiger partial charge is 0.379 e. The van der Waals surface area contributed by atoms with E-state index in [-0.39, 0.29) is 10.6 Å². The summed E-state index contributed by atoms with van der Waals surface area (Å²) in [5.41, 5.74) is 0.178. The maximum absolute atomic E-state index is 11.4. The third-order valence-corrected chi connectivity index (χ3v) is 4.27. The highest BCUT2D eigenvalue weighted by molar-refractivity contribution is 7.90. The molecular weight excluding hydrogens is 268 g/mol. The standard InChI is InChI=1S/C12H16N2O4S/c1-19(17,18)10-4-5-11(12(8-10)14(15)16)13-7-6-9-2-3-9/h4-5,8-9,13H,2-3,6-7H2,1H3. The third kappa shape index (κ3) is 3.66. The Morgan fingerprint density at radius 2 is 2.11 bits per heavy atom. The van der Waals surface area contributed by atoms with Crippen molar-refractivity contribution in [2.45, 2.75) is 24.2 Å². The van der Waals surface area contributed by atoms with Crippen molar-refractivity contribution in [3.63, 3.8) is 0 Å². The number of nitrogens with one attached hydrogen (secondary N) is 1. The van der Waals surface area contributed by atoms with E-state index >= 15 is 0 Å². The molecular formula is C12H16N2O4S. The van der Waals surface area contributed by atoms with Crippen LogP contribution in [-0.4, -0.2) is 26.1 Å². The summed E-state index contributed by atoms with van der Waals surface area (Å²) < 4.78 is 22.8. The van der Waals surface area contributed by atoms with E-state index in [9.17, 15) is 18.5 Å². The van der Waals surface area contributed by atoms with Crippen LogP contribution >= 0.6 is 0 Å². The quantitative estimate of drug-likeness (QED) is 0.639. The van der Waals surface area contributed by atoms with Gasteiger partial charge in [-0.25, -0.2) is 8.42 Å². The summed E-state index contributed by atoms with van der Waals surface area (Å²) in [4.78, 5) is 10.4. The van der Waals surface area contributed by atoms with E-state index in [0.717, 1.165) is 24.7 Å². The smallest absolute Gasteiger partial charge is 0.293 e. The lowest BCUT2D eigenvalue weighted by atomic mass is 10.2. The fourth-order valence-electron chi connectivity index (χ4n) is 1.86. The van der Waals surface area contributed by atoms with Gasteiger partial charge < -0.3 is 5.32 Å². The first-order chi connectivity index (χ1) is 8.88. The van der Waals surface area contributed by atoms with Gasteiger partial charge in [-0.15, -0.1) is 0 Å². The van der Waals surface area contributed by atoms with E-state index in [1.807, 2.05) is 0 Å². The predicted molar refractivity (Wildman–Crippen MR) is 72.0 cm³/mol. The van der Waals surface area contributed by atoms with E-state index in [2.05, 4.69) is 5.32 Å². The molecule has 0 heterocycles. The van der Waals surface area contributed by atoms with Crippen LogP contribution in [0.5, 0.6) is 0 Å². The highest BCUT2D eigenvalue weighted by Gasteiger charge is 2.22. The Hall–Kier alpha value is -1.63. The van der Waals surface area contributed by atoms with Crippen LogP contribution in [0.2, 0.25) is 0 Å². The Morgan fingerprint density at radius 3 is 2.63 bits per heavy atom. The minimum absolute atomic E-state index is 0.0352. The molecule has 19 heavy (non-hydrogen) atoms. The second-order valence-corrected chi connectivity index (χ2v) is 6.88. The third-order valence-electron chi connectivity index (χ3n) is 3.16. The summed E-state index contributed by atoms with van der Waals surface area (Å²) in [5, 5.41) is 14.0. The molecule has 6 nitrogen and oxygen atoms in total. The van der Waals surface area contributed by atoms with Gasteiger partial charge in [0.15, 0.2) is 9.84 Å². The molecule has 0 radical (unpaired) electrons. The summed E-state index contributed by atoms with van der Waals surface area (Å²) in [5.74, 6) is 0.738. The molecule has 0 amide bonds. The highest BCUT2D eigenvalue weighted by atomic mass is 32.2. The molecule has 1 N–H and O–H groups in total. The number of nitro benzene ring substituents is 1. The molecule has 104 valence electrons. The van der Waals surface area contributed by atoms with Gasteiger partial charge in [0.05, 0.1) is 9.82 Å². The molecule has 1 fully saturated rings. The van der Waals surface area contributed by atoms with Crippen LogP contribution in [0.3, 0.4) is 0 Å². The van der Waals surface area contributed by atoms with Crippen molar-refractivity contribution < 1.29 is 13.3 Å². The van der Waals surface area contributed by atoms with E-state index in [0.29, 0.717) is 12.2 Å². The SMILES string of the molecule is CS(=O)(=O)c1ccc(NCCC2CC2)c([N+](=O)[O-])c1. The van der Waals surface area contributed by atoms with Crippen molar-refractivity contribution in [2.24, 2.45) is 5.92 Å². The van der Waals surface area contributed by atoms with Gasteiger partial charge >= 0.3 is 0 Å². The molecule has 7 heteroatoms. The van der Waals surface area contributed by atoms with E-state index in [1.165, 1.54) is 25.0 Å². The van der Waals surface area contributed by atoms with Crippen molar-refractivity contribution in [3.8, 4) is 0 Å². The molecule has 0 unspecified atom stereocenters. The Morgan fingerprint density at radius 1 is 1.42 bits per heavy atom. The van der Waals surface area contributed by atoms with Crippen molar-refractivity contribution in [1.29, 1.82) is 0 Å². The molecule has 0 aromatic heterocycles. The Kier molecular flexibility index (Phi) is 3.75. The van der Waals surface area contributed by atoms with Gasteiger partial charge in [-0.2, -0.15) is 0 Å². The van der Waals surface area contributed by atoms with Crippen molar-refractivity contribution in [1.82, 2.24) is 0 Å². The molecule has 0 saturated heterocycles. The topological polar surface area (TPSA) is 89.3 Å². The molecule has 1 saturated carbocycles. The number of sulfone groups is 1. The summed E-state index contributed by atoms with van der Waals surface area (Å²) in [7, 11) is -3.43. The minimum Gasteiger partial charge on any atom is -0.379 e. The lowest BCUT2D eigenvalue weighted by Crippen LogP contribution is -2.06. The molecule has 2 rings (SSSR count). The Bertz CT molecular complexity index is 594. The van der Waals surface area contributed by atoms with Gasteiger partial charge in [0.1, 0.15) is 5.69 Å².